The number of benzene rings is 1. The number of nitrogens with one attached hydrogen (secondary N) is 1. The number of hydrogen-bond acceptors (Lipinski definition) is 4. The Bertz CT molecular complexity index is 384. The minimum absolute atomic E-state index is 0.000805. The van der Waals surface area contributed by atoms with Gasteiger partial charge in [-0.15, -0.1) is 0 Å². The number of aliphatic hydroxyl groups is 2. The van der Waals surface area contributed by atoms with Gasteiger partial charge < -0.3 is 20.4 Å². The third-order valence-electron chi connectivity index (χ3n) is 3.17. The first-order valence-corrected chi connectivity index (χ1v) is 6.38. The molecule has 0 heterocycles. The number of carbonyl (C=O) groups is 1. The highest BCUT2D eigenvalue weighted by molar-refractivity contribution is 5.78. The molecule has 0 saturated carbocycles. The normalized spacial score (nSPS) is 13.9. The molecule has 19 heavy (non-hydrogen) atoms. The summed E-state index contributed by atoms with van der Waals surface area (Å²) in [5.74, 6) is -0.115. The Morgan fingerprint density at radius 2 is 2.00 bits per heavy atom. The van der Waals surface area contributed by atoms with Crippen molar-refractivity contribution in [2.75, 3.05) is 26.7 Å². The molecular weight excluding hydrogens is 244 g/mol. The second kappa shape index (κ2) is 7.89. The highest BCUT2D eigenvalue weighted by Gasteiger charge is 2.23. The van der Waals surface area contributed by atoms with Crippen molar-refractivity contribution in [3.8, 4) is 0 Å². The smallest absolute Gasteiger partial charge is 0.236 e. The van der Waals surface area contributed by atoms with Crippen LogP contribution in [0.2, 0.25) is 0 Å². The van der Waals surface area contributed by atoms with Gasteiger partial charge in [0.05, 0.1) is 25.3 Å². The van der Waals surface area contributed by atoms with Gasteiger partial charge in [-0.1, -0.05) is 30.3 Å². The Kier molecular flexibility index (Phi) is 6.49. The van der Waals surface area contributed by atoms with Gasteiger partial charge in [-0.3, -0.25) is 4.79 Å². The first-order valence-electron chi connectivity index (χ1n) is 6.38. The van der Waals surface area contributed by atoms with Crippen LogP contribution >= 0.6 is 0 Å². The molecule has 3 N–H and O–H groups in total. The molecule has 0 aliphatic rings. The van der Waals surface area contributed by atoms with E-state index in [1.165, 1.54) is 4.90 Å². The lowest BCUT2D eigenvalue weighted by molar-refractivity contribution is -0.133. The molecule has 5 heteroatoms. The molecule has 106 valence electrons. The molecule has 0 aliphatic heterocycles. The lowest BCUT2D eigenvalue weighted by atomic mass is 10.0. The summed E-state index contributed by atoms with van der Waals surface area (Å²) in [6.45, 7) is 2.35. The summed E-state index contributed by atoms with van der Waals surface area (Å²) in [7, 11) is 1.67. The Morgan fingerprint density at radius 1 is 1.37 bits per heavy atom. The third-order valence-corrected chi connectivity index (χ3v) is 3.17. The van der Waals surface area contributed by atoms with Crippen LogP contribution < -0.4 is 5.32 Å². The number of rotatable bonds is 7. The van der Waals surface area contributed by atoms with Crippen LogP contribution in [-0.2, 0) is 4.79 Å². The zero-order chi connectivity index (χ0) is 14.3. The second-order valence-corrected chi connectivity index (χ2v) is 4.50. The average Bonchev–Trinajstić information content (AvgIpc) is 2.46. The van der Waals surface area contributed by atoms with Gasteiger partial charge in [-0.25, -0.2) is 0 Å². The van der Waals surface area contributed by atoms with Crippen molar-refractivity contribution in [3.63, 3.8) is 0 Å². The molecule has 0 saturated heterocycles. The third kappa shape index (κ3) is 4.63. The molecule has 0 aliphatic carbocycles. The molecule has 0 aromatic heterocycles. The van der Waals surface area contributed by atoms with Gasteiger partial charge in [0.15, 0.2) is 0 Å². The predicted molar refractivity (Wildman–Crippen MR) is 73.6 cm³/mol. The van der Waals surface area contributed by atoms with Crippen LogP contribution in [0.3, 0.4) is 0 Å². The van der Waals surface area contributed by atoms with E-state index in [0.29, 0.717) is 6.54 Å². The SMILES string of the molecule is CC(C(O)c1ccccc1)N(C)C(=O)CNCCO. The minimum atomic E-state index is -0.715. The van der Waals surface area contributed by atoms with Crippen LogP contribution in [0, 0.1) is 0 Å². The minimum Gasteiger partial charge on any atom is -0.395 e. The van der Waals surface area contributed by atoms with Gasteiger partial charge in [0.25, 0.3) is 0 Å². The maximum absolute atomic E-state index is 11.9. The predicted octanol–water partition coefficient (Wildman–Crippen LogP) is 0.149. The van der Waals surface area contributed by atoms with E-state index >= 15 is 0 Å². The number of carbonyl (C=O) groups excluding carboxylic acids is 1. The summed E-state index contributed by atoms with van der Waals surface area (Å²) in [5.41, 5.74) is 0.790. The Hall–Kier alpha value is -1.43. The summed E-state index contributed by atoms with van der Waals surface area (Å²) in [6.07, 6.45) is -0.715. The largest absolute Gasteiger partial charge is 0.395 e. The number of aliphatic hydroxyl groups excluding tert-OH is 2. The van der Waals surface area contributed by atoms with Crippen molar-refractivity contribution in [2.45, 2.75) is 19.1 Å². The van der Waals surface area contributed by atoms with Crippen molar-refractivity contribution in [1.82, 2.24) is 10.2 Å². The van der Waals surface area contributed by atoms with E-state index < -0.39 is 6.10 Å². The molecule has 1 aromatic carbocycles. The topological polar surface area (TPSA) is 72.8 Å². The van der Waals surface area contributed by atoms with Gasteiger partial charge >= 0.3 is 0 Å². The number of nitrogens with zero attached hydrogens (tertiary/aromatic N) is 1. The Morgan fingerprint density at radius 3 is 2.58 bits per heavy atom. The first kappa shape index (κ1) is 15.6. The fourth-order valence-electron chi connectivity index (χ4n) is 1.77. The van der Waals surface area contributed by atoms with Crippen LogP contribution in [0.5, 0.6) is 0 Å². The molecule has 1 aromatic rings. The van der Waals surface area contributed by atoms with E-state index in [1.54, 1.807) is 7.05 Å². The van der Waals surface area contributed by atoms with Crippen molar-refractivity contribution < 1.29 is 15.0 Å². The molecule has 0 spiro atoms. The lowest BCUT2D eigenvalue weighted by Crippen LogP contribution is -2.43. The monoisotopic (exact) mass is 266 g/mol. The summed E-state index contributed by atoms with van der Waals surface area (Å²) < 4.78 is 0. The van der Waals surface area contributed by atoms with Crippen molar-refractivity contribution in [2.24, 2.45) is 0 Å². The van der Waals surface area contributed by atoms with Crippen LogP contribution in [0.1, 0.15) is 18.6 Å². The summed E-state index contributed by atoms with van der Waals surface area (Å²) in [5, 5.41) is 21.7. The van der Waals surface area contributed by atoms with Crippen molar-refractivity contribution >= 4 is 5.91 Å². The Balaban J connectivity index is 2.56. The molecule has 2 atom stereocenters. The summed E-state index contributed by atoms with van der Waals surface area (Å²) >= 11 is 0. The molecule has 0 radical (unpaired) electrons. The maximum Gasteiger partial charge on any atom is 0.236 e. The molecule has 5 nitrogen and oxygen atoms in total. The second-order valence-electron chi connectivity index (χ2n) is 4.50. The fourth-order valence-corrected chi connectivity index (χ4v) is 1.77. The lowest BCUT2D eigenvalue weighted by Gasteiger charge is -2.29. The molecule has 1 rings (SSSR count). The maximum atomic E-state index is 11.9. The number of hydrogen-bond donors (Lipinski definition) is 3. The van der Waals surface area contributed by atoms with E-state index in [0.717, 1.165) is 5.56 Å². The van der Waals surface area contributed by atoms with Crippen molar-refractivity contribution in [1.29, 1.82) is 0 Å². The molecule has 1 amide bonds. The van der Waals surface area contributed by atoms with Crippen LogP contribution in [0.25, 0.3) is 0 Å². The highest BCUT2D eigenvalue weighted by atomic mass is 16.3. The summed E-state index contributed by atoms with van der Waals surface area (Å²) in [4.78, 5) is 13.4. The first-order chi connectivity index (χ1) is 9.07. The van der Waals surface area contributed by atoms with E-state index in [-0.39, 0.29) is 25.1 Å². The fraction of sp³-hybridized carbons (Fsp3) is 0.500. The van der Waals surface area contributed by atoms with Gasteiger partial charge in [0, 0.05) is 13.6 Å². The van der Waals surface area contributed by atoms with Gasteiger partial charge in [-0.05, 0) is 12.5 Å². The van der Waals surface area contributed by atoms with Crippen molar-refractivity contribution in [3.05, 3.63) is 35.9 Å². The number of amides is 1. The average molecular weight is 266 g/mol. The quantitative estimate of drug-likeness (QED) is 0.614. The molecular formula is C14H22N2O3. The van der Waals surface area contributed by atoms with E-state index in [1.807, 2.05) is 37.3 Å². The molecule has 0 fully saturated rings. The molecule has 0 bridgehead atoms. The van der Waals surface area contributed by atoms with Crippen LogP contribution in [0.4, 0.5) is 0 Å². The highest BCUT2D eigenvalue weighted by Crippen LogP contribution is 2.19. The van der Waals surface area contributed by atoms with Gasteiger partial charge in [-0.2, -0.15) is 0 Å². The van der Waals surface area contributed by atoms with E-state index in [9.17, 15) is 9.90 Å². The van der Waals surface area contributed by atoms with E-state index in [4.69, 9.17) is 5.11 Å². The zero-order valence-corrected chi connectivity index (χ0v) is 11.4. The van der Waals surface area contributed by atoms with Gasteiger partial charge in [0.2, 0.25) is 5.91 Å². The zero-order valence-electron chi connectivity index (χ0n) is 11.4. The Labute approximate surface area is 113 Å². The molecule has 2 unspecified atom stereocenters. The van der Waals surface area contributed by atoms with E-state index in [2.05, 4.69) is 5.32 Å². The van der Waals surface area contributed by atoms with Crippen LogP contribution in [0.15, 0.2) is 30.3 Å². The number of likely N-dealkylation sites (N-methyl/N-ethyl adjacent to an activating group) is 1. The summed E-state index contributed by atoms with van der Waals surface area (Å²) in [6, 6.07) is 8.96. The van der Waals surface area contributed by atoms with Crippen LogP contribution in [-0.4, -0.2) is 53.8 Å². The van der Waals surface area contributed by atoms with Gasteiger partial charge in [0.1, 0.15) is 0 Å². The standard InChI is InChI=1S/C14H22N2O3/c1-11(14(19)12-6-4-3-5-7-12)16(2)13(18)10-15-8-9-17/h3-7,11,14-15,17,19H,8-10H2,1-2H3.